The highest BCUT2D eigenvalue weighted by atomic mass is 15.1. The van der Waals surface area contributed by atoms with Crippen LogP contribution in [0.3, 0.4) is 0 Å². The minimum atomic E-state index is 0.131. The zero-order valence-corrected chi connectivity index (χ0v) is 11.4. The third-order valence-corrected chi connectivity index (χ3v) is 3.73. The maximum absolute atomic E-state index is 8.65. The van der Waals surface area contributed by atoms with E-state index >= 15 is 0 Å². The van der Waals surface area contributed by atoms with Crippen molar-refractivity contribution in [1.82, 2.24) is 10.2 Å². The van der Waals surface area contributed by atoms with Gasteiger partial charge in [0.2, 0.25) is 0 Å². The number of nitrogens with zero attached hydrogens (tertiary/aromatic N) is 2. The Kier molecular flexibility index (Phi) is 7.23. The first kappa shape index (κ1) is 14.5. The molecule has 1 N–H and O–H groups in total. The summed E-state index contributed by atoms with van der Waals surface area (Å²) in [5.41, 5.74) is 0. The molecule has 0 saturated heterocycles. The topological polar surface area (TPSA) is 39.1 Å². The van der Waals surface area contributed by atoms with Crippen LogP contribution in [0.2, 0.25) is 0 Å². The second-order valence-corrected chi connectivity index (χ2v) is 5.36. The Morgan fingerprint density at radius 3 is 2.71 bits per heavy atom. The molecule has 0 bridgehead atoms. The van der Waals surface area contributed by atoms with Gasteiger partial charge in [0, 0.05) is 12.6 Å². The monoisotopic (exact) mass is 237 g/mol. The summed E-state index contributed by atoms with van der Waals surface area (Å²) in [5.74, 6) is 0.131. The highest BCUT2D eigenvalue weighted by Crippen LogP contribution is 2.21. The van der Waals surface area contributed by atoms with Crippen molar-refractivity contribution >= 4 is 0 Å². The van der Waals surface area contributed by atoms with E-state index in [2.05, 4.69) is 23.3 Å². The molecule has 1 atom stereocenters. The Morgan fingerprint density at radius 1 is 1.35 bits per heavy atom. The van der Waals surface area contributed by atoms with E-state index in [0.717, 1.165) is 19.1 Å². The van der Waals surface area contributed by atoms with Gasteiger partial charge in [0.1, 0.15) is 0 Å². The Labute approximate surface area is 106 Å². The minimum Gasteiger partial charge on any atom is -0.315 e. The number of nitrogens with one attached hydrogen (secondary N) is 1. The van der Waals surface area contributed by atoms with Crippen molar-refractivity contribution in [2.75, 3.05) is 26.7 Å². The van der Waals surface area contributed by atoms with Gasteiger partial charge >= 0.3 is 0 Å². The lowest BCUT2D eigenvalue weighted by Crippen LogP contribution is -2.35. The summed E-state index contributed by atoms with van der Waals surface area (Å²) < 4.78 is 0. The van der Waals surface area contributed by atoms with Crippen LogP contribution in [0.15, 0.2) is 0 Å². The molecule has 1 unspecified atom stereocenters. The van der Waals surface area contributed by atoms with Crippen LogP contribution in [0.5, 0.6) is 0 Å². The van der Waals surface area contributed by atoms with Gasteiger partial charge in [0.15, 0.2) is 0 Å². The van der Waals surface area contributed by atoms with Crippen molar-refractivity contribution in [3.63, 3.8) is 0 Å². The third kappa shape index (κ3) is 6.05. The van der Waals surface area contributed by atoms with Crippen molar-refractivity contribution in [2.45, 2.75) is 51.5 Å². The molecular formula is C14H27N3. The molecule has 3 nitrogen and oxygen atoms in total. The molecule has 1 aliphatic carbocycles. The maximum atomic E-state index is 8.65. The largest absolute Gasteiger partial charge is 0.315 e. The molecule has 0 heterocycles. The maximum Gasteiger partial charge on any atom is 0.0666 e. The van der Waals surface area contributed by atoms with E-state index in [1.807, 2.05) is 6.92 Å². The van der Waals surface area contributed by atoms with Gasteiger partial charge in [0.25, 0.3) is 0 Å². The van der Waals surface area contributed by atoms with Gasteiger partial charge in [0.05, 0.1) is 12.0 Å². The fraction of sp³-hybridized carbons (Fsp3) is 0.929. The first-order valence-electron chi connectivity index (χ1n) is 7.04. The van der Waals surface area contributed by atoms with Gasteiger partial charge in [-0.3, -0.25) is 0 Å². The van der Waals surface area contributed by atoms with E-state index in [-0.39, 0.29) is 5.92 Å². The van der Waals surface area contributed by atoms with E-state index < -0.39 is 0 Å². The van der Waals surface area contributed by atoms with Crippen LogP contribution in [-0.4, -0.2) is 37.6 Å². The Hall–Kier alpha value is -0.590. The fourth-order valence-corrected chi connectivity index (χ4v) is 2.52. The van der Waals surface area contributed by atoms with Crippen molar-refractivity contribution in [2.24, 2.45) is 5.92 Å². The van der Waals surface area contributed by atoms with Crippen molar-refractivity contribution < 1.29 is 0 Å². The standard InChI is InChI=1S/C14H27N3/c1-13(11-15)12-16-9-6-10-17(2)14-7-4-3-5-8-14/h13-14,16H,3-10,12H2,1-2H3. The summed E-state index contributed by atoms with van der Waals surface area (Å²) in [7, 11) is 2.26. The van der Waals surface area contributed by atoms with Gasteiger partial charge in [-0.1, -0.05) is 19.3 Å². The average Bonchev–Trinajstić information content (AvgIpc) is 2.38. The number of nitriles is 1. The summed E-state index contributed by atoms with van der Waals surface area (Å²) in [6.45, 7) is 4.99. The molecule has 3 heteroatoms. The molecule has 1 rings (SSSR count). The lowest BCUT2D eigenvalue weighted by molar-refractivity contribution is 0.189. The SMILES string of the molecule is CC(C#N)CNCCCN(C)C1CCCCC1. The van der Waals surface area contributed by atoms with Crippen molar-refractivity contribution in [1.29, 1.82) is 5.26 Å². The lowest BCUT2D eigenvalue weighted by atomic mass is 9.94. The van der Waals surface area contributed by atoms with Crippen LogP contribution < -0.4 is 5.32 Å². The lowest BCUT2D eigenvalue weighted by Gasteiger charge is -2.31. The minimum absolute atomic E-state index is 0.131. The van der Waals surface area contributed by atoms with Crippen LogP contribution in [0.4, 0.5) is 0 Å². The van der Waals surface area contributed by atoms with Crippen molar-refractivity contribution in [3.8, 4) is 6.07 Å². The molecule has 0 radical (unpaired) electrons. The fourth-order valence-electron chi connectivity index (χ4n) is 2.52. The summed E-state index contributed by atoms with van der Waals surface area (Å²) in [6, 6.07) is 3.06. The average molecular weight is 237 g/mol. The van der Waals surface area contributed by atoms with Gasteiger partial charge in [-0.2, -0.15) is 5.26 Å². The first-order chi connectivity index (χ1) is 8.24. The summed E-state index contributed by atoms with van der Waals surface area (Å²) in [6.07, 6.45) is 8.20. The first-order valence-corrected chi connectivity index (χ1v) is 7.04. The number of rotatable bonds is 7. The van der Waals surface area contributed by atoms with E-state index in [1.54, 1.807) is 0 Å². The molecule has 98 valence electrons. The number of hydrogen-bond acceptors (Lipinski definition) is 3. The second-order valence-electron chi connectivity index (χ2n) is 5.36. The Bertz CT molecular complexity index is 228. The highest BCUT2D eigenvalue weighted by molar-refractivity contribution is 4.80. The van der Waals surface area contributed by atoms with Gasteiger partial charge in [-0.25, -0.2) is 0 Å². The molecule has 1 saturated carbocycles. The molecule has 0 aliphatic heterocycles. The van der Waals surface area contributed by atoms with Crippen LogP contribution in [-0.2, 0) is 0 Å². The van der Waals surface area contributed by atoms with Crippen LogP contribution >= 0.6 is 0 Å². The zero-order valence-electron chi connectivity index (χ0n) is 11.4. The van der Waals surface area contributed by atoms with Crippen molar-refractivity contribution in [3.05, 3.63) is 0 Å². The van der Waals surface area contributed by atoms with E-state index in [1.165, 1.54) is 45.1 Å². The Morgan fingerprint density at radius 2 is 2.06 bits per heavy atom. The smallest absolute Gasteiger partial charge is 0.0666 e. The van der Waals surface area contributed by atoms with E-state index in [0.29, 0.717) is 0 Å². The number of hydrogen-bond donors (Lipinski definition) is 1. The molecule has 0 aromatic carbocycles. The van der Waals surface area contributed by atoms with Gasteiger partial charge < -0.3 is 10.2 Å². The molecule has 1 fully saturated rings. The molecule has 0 aromatic rings. The molecular weight excluding hydrogens is 210 g/mol. The molecule has 0 aromatic heterocycles. The quantitative estimate of drug-likeness (QED) is 0.691. The predicted molar refractivity (Wildman–Crippen MR) is 71.8 cm³/mol. The Balaban J connectivity index is 2.00. The molecule has 0 amide bonds. The normalized spacial score (nSPS) is 19.2. The third-order valence-electron chi connectivity index (χ3n) is 3.73. The second kappa shape index (κ2) is 8.49. The van der Waals surface area contributed by atoms with Crippen LogP contribution in [0.1, 0.15) is 45.4 Å². The van der Waals surface area contributed by atoms with Crippen LogP contribution in [0, 0.1) is 17.2 Å². The van der Waals surface area contributed by atoms with E-state index in [4.69, 9.17) is 5.26 Å². The summed E-state index contributed by atoms with van der Waals surface area (Å²) in [4.78, 5) is 2.52. The van der Waals surface area contributed by atoms with E-state index in [9.17, 15) is 0 Å². The van der Waals surface area contributed by atoms with Gasteiger partial charge in [-0.15, -0.1) is 0 Å². The highest BCUT2D eigenvalue weighted by Gasteiger charge is 2.16. The van der Waals surface area contributed by atoms with Crippen LogP contribution in [0.25, 0.3) is 0 Å². The summed E-state index contributed by atoms with van der Waals surface area (Å²) >= 11 is 0. The molecule has 17 heavy (non-hydrogen) atoms. The summed E-state index contributed by atoms with van der Waals surface area (Å²) in [5, 5.41) is 12.0. The predicted octanol–water partition coefficient (Wildman–Crippen LogP) is 2.39. The zero-order chi connectivity index (χ0) is 12.5. The molecule has 0 spiro atoms. The van der Waals surface area contributed by atoms with Gasteiger partial charge in [-0.05, 0) is 46.3 Å². The molecule has 1 aliphatic rings.